The summed E-state index contributed by atoms with van der Waals surface area (Å²) in [5.74, 6) is -4.28. The summed E-state index contributed by atoms with van der Waals surface area (Å²) >= 11 is 0. The summed E-state index contributed by atoms with van der Waals surface area (Å²) in [4.78, 5) is 4.77. The molecule has 4 heterocycles. The number of methoxy groups -OCH3 is 1. The fourth-order valence-corrected chi connectivity index (χ4v) is 4.03. The van der Waals surface area contributed by atoms with Crippen molar-refractivity contribution in [1.29, 1.82) is 0 Å². The molecule has 1 unspecified atom stereocenters. The quantitative estimate of drug-likeness (QED) is 0.421. The van der Waals surface area contributed by atoms with Crippen LogP contribution in [0, 0.1) is 0 Å². The van der Waals surface area contributed by atoms with Gasteiger partial charge in [-0.2, -0.15) is 4.98 Å². The number of fused-ring (bicyclic) bond motifs is 2. The number of benzene rings is 1. The highest BCUT2D eigenvalue weighted by molar-refractivity contribution is 5.89. The van der Waals surface area contributed by atoms with Gasteiger partial charge >= 0.3 is 0 Å². The van der Waals surface area contributed by atoms with E-state index < -0.39 is 51.4 Å². The minimum absolute atomic E-state index is 0.0814. The van der Waals surface area contributed by atoms with Crippen LogP contribution in [0.25, 0.3) is 27.7 Å². The second-order valence-electron chi connectivity index (χ2n) is 7.90. The lowest BCUT2D eigenvalue weighted by molar-refractivity contribution is -0.0675. The zero-order valence-corrected chi connectivity index (χ0v) is 17.4. The lowest BCUT2D eigenvalue weighted by atomic mass is 10.0. The number of ether oxygens (including phenoxy) is 1. The first-order valence-corrected chi connectivity index (χ1v) is 10.2. The number of alkyl halides is 4. The topological polar surface area (TPSA) is 85.4 Å². The summed E-state index contributed by atoms with van der Waals surface area (Å²) < 4.78 is 108. The third-order valence-electron chi connectivity index (χ3n) is 5.61. The van der Waals surface area contributed by atoms with Crippen molar-refractivity contribution < 1.29 is 30.5 Å². The Balaban J connectivity index is 1.53. The molecule has 0 amide bonds. The number of nitrogens with zero attached hydrogens (tertiary/aromatic N) is 7. The van der Waals surface area contributed by atoms with E-state index in [1.807, 2.05) is 0 Å². The minimum atomic E-state index is -3.47. The molecule has 1 N–H and O–H groups in total. The predicted molar refractivity (Wildman–Crippen MR) is 117 cm³/mol. The Hall–Kier alpha value is -3.48. The highest BCUT2D eigenvalue weighted by Crippen LogP contribution is 2.34. The van der Waals surface area contributed by atoms with Gasteiger partial charge in [-0.25, -0.2) is 26.8 Å². The van der Waals surface area contributed by atoms with E-state index in [4.69, 9.17) is 13.0 Å². The molecule has 4 aromatic rings. The molecule has 0 aliphatic carbocycles. The van der Waals surface area contributed by atoms with Crippen LogP contribution in [-0.2, 0) is 6.54 Å². The van der Waals surface area contributed by atoms with Gasteiger partial charge in [-0.1, -0.05) is 11.3 Å². The fourth-order valence-electron chi connectivity index (χ4n) is 4.03. The summed E-state index contributed by atoms with van der Waals surface area (Å²) in [6.45, 7) is -4.52. The first kappa shape index (κ1) is 16.2. The maximum absolute atomic E-state index is 14.9. The van der Waals surface area contributed by atoms with E-state index in [0.29, 0.717) is 27.1 Å². The first-order chi connectivity index (χ1) is 18.6. The Kier molecular flexibility index (Phi) is 3.99. The van der Waals surface area contributed by atoms with Crippen LogP contribution < -0.4 is 10.1 Å². The van der Waals surface area contributed by atoms with Crippen LogP contribution in [0.2, 0.25) is 0 Å². The summed E-state index contributed by atoms with van der Waals surface area (Å²) in [5, 5.41) is 14.3. The van der Waals surface area contributed by atoms with Crippen molar-refractivity contribution in [2.75, 3.05) is 32.4 Å². The predicted octanol–water partition coefficient (Wildman–Crippen LogP) is 3.17. The molecule has 0 spiro atoms. The molecule has 9 nitrogen and oxygen atoms in total. The summed E-state index contributed by atoms with van der Waals surface area (Å²) in [7, 11) is -2.97. The van der Waals surface area contributed by atoms with E-state index >= 15 is 0 Å². The Morgan fingerprint density at radius 3 is 2.97 bits per heavy atom. The van der Waals surface area contributed by atoms with Gasteiger partial charge in [0.1, 0.15) is 17.6 Å². The van der Waals surface area contributed by atoms with Crippen LogP contribution in [0.15, 0.2) is 30.5 Å². The van der Waals surface area contributed by atoms with Gasteiger partial charge in [0, 0.05) is 22.4 Å². The second-order valence-corrected chi connectivity index (χ2v) is 7.90. The third-order valence-corrected chi connectivity index (χ3v) is 5.61. The Bertz CT molecular complexity index is 1540. The molecule has 180 valence electrons. The van der Waals surface area contributed by atoms with Gasteiger partial charge in [0.25, 0.3) is 12.3 Å². The van der Waals surface area contributed by atoms with E-state index in [1.54, 1.807) is 18.2 Å². The molecule has 1 fully saturated rings. The average Bonchev–Trinajstić information content (AvgIpc) is 3.42. The largest absolute Gasteiger partial charge is 0.479 e. The molecular weight excluding hydrogens is 456 g/mol. The molecule has 1 saturated heterocycles. The molecule has 34 heavy (non-hydrogen) atoms. The number of hydrogen-bond donors (Lipinski definition) is 1. The molecule has 3 aromatic heterocycles. The Morgan fingerprint density at radius 2 is 2.21 bits per heavy atom. The van der Waals surface area contributed by atoms with Crippen LogP contribution in [0.3, 0.4) is 0 Å². The number of hydrogen-bond acceptors (Lipinski definition) is 7. The number of anilines is 1. The van der Waals surface area contributed by atoms with E-state index in [-0.39, 0.29) is 24.4 Å². The monoisotopic (exact) mass is 484 g/mol. The number of piperidine rings is 1. The van der Waals surface area contributed by atoms with E-state index in [2.05, 4.69) is 25.7 Å². The zero-order valence-electron chi connectivity index (χ0n) is 23.4. The Labute approximate surface area is 199 Å². The average molecular weight is 484 g/mol. The summed E-state index contributed by atoms with van der Waals surface area (Å²) in [6, 6.07) is 4.72. The zero-order chi connectivity index (χ0) is 29.0. The maximum atomic E-state index is 14.9. The second kappa shape index (κ2) is 8.38. The van der Waals surface area contributed by atoms with Crippen molar-refractivity contribution in [3.05, 3.63) is 30.5 Å². The van der Waals surface area contributed by atoms with Gasteiger partial charge in [-0.3, -0.25) is 0 Å². The van der Waals surface area contributed by atoms with Crippen molar-refractivity contribution in [2.45, 2.75) is 31.4 Å². The van der Waals surface area contributed by atoms with Crippen LogP contribution in [0.1, 0.15) is 14.6 Å². The maximum Gasteiger partial charge on any atom is 0.280 e. The van der Waals surface area contributed by atoms with Crippen molar-refractivity contribution in [3.63, 3.8) is 0 Å². The SMILES string of the molecule is [2H]C([2H])([2H])Oc1nc(NC2CCN(C([2H])([2H])[2H])CC2(F)F)nn2ccc(-c3ccc4nnn(CC(F)F)c4c3)c12. The molecule has 0 bridgehead atoms. The fraction of sp³-hybridized carbons (Fsp3) is 0.429. The van der Waals surface area contributed by atoms with Crippen molar-refractivity contribution in [2.24, 2.45) is 0 Å². The van der Waals surface area contributed by atoms with Gasteiger partial charge in [-0.05, 0) is 37.2 Å². The van der Waals surface area contributed by atoms with Crippen LogP contribution in [0.5, 0.6) is 5.88 Å². The molecule has 5 rings (SSSR count). The van der Waals surface area contributed by atoms with Crippen molar-refractivity contribution in [1.82, 2.24) is 34.5 Å². The normalized spacial score (nSPS) is 22.1. The first-order valence-electron chi connectivity index (χ1n) is 13.2. The van der Waals surface area contributed by atoms with Gasteiger partial charge in [0.2, 0.25) is 11.8 Å². The van der Waals surface area contributed by atoms with Crippen molar-refractivity contribution in [3.8, 4) is 17.0 Å². The third kappa shape index (κ3) is 4.00. The Morgan fingerprint density at radius 1 is 1.32 bits per heavy atom. The minimum Gasteiger partial charge on any atom is -0.479 e. The van der Waals surface area contributed by atoms with Gasteiger partial charge in [-0.15, -0.1) is 10.2 Å². The van der Waals surface area contributed by atoms with Gasteiger partial charge in [0.05, 0.1) is 29.3 Å². The van der Waals surface area contributed by atoms with E-state index in [1.165, 1.54) is 16.8 Å². The lowest BCUT2D eigenvalue weighted by Crippen LogP contribution is -2.53. The molecule has 0 radical (unpaired) electrons. The summed E-state index contributed by atoms with van der Waals surface area (Å²) in [6.07, 6.45) is -1.49. The van der Waals surface area contributed by atoms with Crippen LogP contribution in [0.4, 0.5) is 23.5 Å². The van der Waals surface area contributed by atoms with Crippen LogP contribution >= 0.6 is 0 Å². The molecular formula is C21H22F4N8O. The number of rotatable bonds is 6. The van der Waals surface area contributed by atoms with E-state index in [9.17, 15) is 17.6 Å². The van der Waals surface area contributed by atoms with Crippen molar-refractivity contribution >= 4 is 22.5 Å². The van der Waals surface area contributed by atoms with E-state index in [0.717, 1.165) is 4.68 Å². The molecule has 1 atom stereocenters. The van der Waals surface area contributed by atoms with Crippen LogP contribution in [-0.4, -0.2) is 80.0 Å². The number of likely N-dealkylation sites (tertiary alicyclic amines) is 1. The molecule has 0 saturated carbocycles. The number of aromatic nitrogens is 6. The standard InChI is InChI=1S/C21H22F4N8O/c1-31-7-6-16(21(24,25)11-31)26-20-27-19(34-2)18-13(5-8-32(18)29-20)12-3-4-14-15(9-12)33(30-28-14)10-17(22)23/h3-5,8-9,16-17H,6-7,10-11H2,1-2H3,(H,26,29)/i1D3,2D3. The molecule has 13 heteroatoms. The van der Waals surface area contributed by atoms with Gasteiger partial charge in [0.15, 0.2) is 0 Å². The summed E-state index contributed by atoms with van der Waals surface area (Å²) in [5.41, 5.74) is 1.57. The molecule has 1 aliphatic rings. The smallest absolute Gasteiger partial charge is 0.280 e. The molecule has 1 aliphatic heterocycles. The highest BCUT2D eigenvalue weighted by Gasteiger charge is 2.44. The highest BCUT2D eigenvalue weighted by atomic mass is 19.3. The lowest BCUT2D eigenvalue weighted by Gasteiger charge is -2.36. The number of nitrogens with one attached hydrogen (secondary N) is 1. The van der Waals surface area contributed by atoms with Gasteiger partial charge < -0.3 is 15.0 Å². The number of halogens is 4. The molecule has 1 aromatic carbocycles.